The van der Waals surface area contributed by atoms with Crippen LogP contribution in [-0.2, 0) is 10.0 Å². The van der Waals surface area contributed by atoms with Crippen molar-refractivity contribution in [2.75, 3.05) is 10.5 Å². The number of hydrogen-bond donors (Lipinski definition) is 2. The number of para-hydroxylation sites is 1. The van der Waals surface area contributed by atoms with E-state index in [1.165, 1.54) is 24.3 Å². The van der Waals surface area contributed by atoms with E-state index in [-0.39, 0.29) is 26.4 Å². The van der Waals surface area contributed by atoms with Gasteiger partial charge in [0.2, 0.25) is 0 Å². The Kier molecular flexibility index (Phi) is 4.53. The van der Waals surface area contributed by atoms with E-state index >= 15 is 0 Å². The number of anilines is 2. The van der Waals surface area contributed by atoms with Crippen LogP contribution in [0.25, 0.3) is 0 Å². The fourth-order valence-corrected chi connectivity index (χ4v) is 3.99. The van der Waals surface area contributed by atoms with Crippen molar-refractivity contribution in [3.05, 3.63) is 51.2 Å². The zero-order valence-electron chi connectivity index (χ0n) is 10.2. The number of halogens is 4. The maximum absolute atomic E-state index is 13.7. The van der Waals surface area contributed by atoms with Crippen molar-refractivity contribution in [2.45, 2.75) is 4.90 Å². The Morgan fingerprint density at radius 3 is 2.33 bits per heavy atom. The van der Waals surface area contributed by atoms with Crippen LogP contribution in [0.5, 0.6) is 0 Å². The third-order valence-electron chi connectivity index (χ3n) is 2.51. The number of benzene rings is 2. The Labute approximate surface area is 135 Å². The first-order valence-corrected chi connectivity index (χ1v) is 8.05. The van der Waals surface area contributed by atoms with Crippen molar-refractivity contribution >= 4 is 56.2 Å². The molecule has 0 aliphatic rings. The summed E-state index contributed by atoms with van der Waals surface area (Å²) < 4.78 is 40.3. The van der Waals surface area contributed by atoms with E-state index in [1.54, 1.807) is 0 Å². The molecule has 0 aliphatic carbocycles. The van der Waals surface area contributed by atoms with Gasteiger partial charge in [0.25, 0.3) is 10.0 Å². The molecule has 0 spiro atoms. The zero-order valence-corrected chi connectivity index (χ0v) is 13.3. The molecule has 0 radical (unpaired) electrons. The average molecular weight is 370 g/mol. The maximum Gasteiger partial charge on any atom is 0.265 e. The van der Waals surface area contributed by atoms with Gasteiger partial charge in [-0.1, -0.05) is 40.9 Å². The molecule has 0 amide bonds. The second-order valence-electron chi connectivity index (χ2n) is 4.01. The Bertz CT molecular complexity index is 769. The largest absolute Gasteiger partial charge is 0.398 e. The van der Waals surface area contributed by atoms with E-state index in [0.717, 1.165) is 6.07 Å². The molecule has 0 saturated heterocycles. The molecule has 4 nitrogen and oxygen atoms in total. The Morgan fingerprint density at radius 1 is 1.10 bits per heavy atom. The van der Waals surface area contributed by atoms with Gasteiger partial charge in [0.15, 0.2) is 0 Å². The summed E-state index contributed by atoms with van der Waals surface area (Å²) in [5.41, 5.74) is 5.08. The molecule has 0 bridgehead atoms. The topological polar surface area (TPSA) is 72.2 Å². The van der Waals surface area contributed by atoms with Gasteiger partial charge in [-0.25, -0.2) is 12.8 Å². The maximum atomic E-state index is 13.7. The fourth-order valence-electron chi connectivity index (χ4n) is 1.64. The highest BCUT2D eigenvalue weighted by atomic mass is 35.5. The minimum Gasteiger partial charge on any atom is -0.398 e. The quantitative estimate of drug-likeness (QED) is 0.798. The lowest BCUT2D eigenvalue weighted by atomic mass is 10.3. The molecule has 0 aromatic heterocycles. The molecule has 3 N–H and O–H groups in total. The minimum atomic E-state index is -4.23. The summed E-state index contributed by atoms with van der Waals surface area (Å²) in [7, 11) is -4.23. The molecule has 2 aromatic carbocycles. The highest BCUT2D eigenvalue weighted by Gasteiger charge is 2.24. The van der Waals surface area contributed by atoms with Gasteiger partial charge in [0.05, 0.1) is 15.7 Å². The standard InChI is InChI=1S/C12H8Cl3FN2O2S/c13-6-4-8(15)12(10(17)5-6)21(19,20)18-11-7(14)2-1-3-9(11)16/h1-5,18H,17H2. The van der Waals surface area contributed by atoms with Crippen LogP contribution in [0.3, 0.4) is 0 Å². The van der Waals surface area contributed by atoms with E-state index in [2.05, 4.69) is 0 Å². The number of nitrogen functional groups attached to an aromatic ring is 1. The summed E-state index contributed by atoms with van der Waals surface area (Å²) in [6.45, 7) is 0. The molecule has 0 fully saturated rings. The fraction of sp³-hybridized carbons (Fsp3) is 0. The summed E-state index contributed by atoms with van der Waals surface area (Å²) in [5, 5.41) is -0.0948. The highest BCUT2D eigenvalue weighted by Crippen LogP contribution is 2.34. The summed E-state index contributed by atoms with van der Waals surface area (Å²) in [6, 6.07) is 6.20. The molecule has 0 atom stereocenters. The number of nitrogens with one attached hydrogen (secondary N) is 1. The number of sulfonamides is 1. The van der Waals surface area contributed by atoms with E-state index < -0.39 is 20.7 Å². The molecule has 112 valence electrons. The summed E-state index contributed by atoms with van der Waals surface area (Å²) in [4.78, 5) is -0.395. The van der Waals surface area contributed by atoms with Crippen molar-refractivity contribution in [3.8, 4) is 0 Å². The van der Waals surface area contributed by atoms with Crippen LogP contribution >= 0.6 is 34.8 Å². The number of rotatable bonds is 3. The first-order chi connectivity index (χ1) is 9.72. The van der Waals surface area contributed by atoms with Gasteiger partial charge in [-0.15, -0.1) is 0 Å². The Hall–Kier alpha value is -1.21. The molecule has 0 saturated carbocycles. The molecule has 2 aromatic rings. The summed E-state index contributed by atoms with van der Waals surface area (Å²) in [6.07, 6.45) is 0. The van der Waals surface area contributed by atoms with Crippen molar-refractivity contribution in [1.29, 1.82) is 0 Å². The molecule has 0 unspecified atom stereocenters. The second kappa shape index (κ2) is 5.88. The summed E-state index contributed by atoms with van der Waals surface area (Å²) >= 11 is 17.4. The third-order valence-corrected chi connectivity index (χ3v) is 4.91. The summed E-state index contributed by atoms with van der Waals surface area (Å²) in [5.74, 6) is -0.824. The SMILES string of the molecule is Nc1cc(Cl)cc(Cl)c1S(=O)(=O)Nc1c(F)cccc1Cl. The predicted octanol–water partition coefficient (Wildman–Crippen LogP) is 4.17. The van der Waals surface area contributed by atoms with Crippen LogP contribution in [0.4, 0.5) is 15.8 Å². The lowest BCUT2D eigenvalue weighted by molar-refractivity contribution is 0.599. The highest BCUT2D eigenvalue weighted by molar-refractivity contribution is 7.93. The lowest BCUT2D eigenvalue weighted by Crippen LogP contribution is -2.16. The first kappa shape index (κ1) is 16.2. The van der Waals surface area contributed by atoms with Crippen molar-refractivity contribution in [2.24, 2.45) is 0 Å². The van der Waals surface area contributed by atoms with Crippen molar-refractivity contribution in [3.63, 3.8) is 0 Å². The van der Waals surface area contributed by atoms with Crippen LogP contribution in [0.1, 0.15) is 0 Å². The Morgan fingerprint density at radius 2 is 1.76 bits per heavy atom. The molecule has 9 heteroatoms. The minimum absolute atomic E-state index is 0.0952. The normalized spacial score (nSPS) is 11.4. The molecule has 0 heterocycles. The van der Waals surface area contributed by atoms with Crippen molar-refractivity contribution in [1.82, 2.24) is 0 Å². The number of nitrogens with two attached hydrogens (primary N) is 1. The van der Waals surface area contributed by atoms with Gasteiger partial charge < -0.3 is 5.73 Å². The van der Waals surface area contributed by atoms with Gasteiger partial charge in [0, 0.05) is 5.02 Å². The average Bonchev–Trinajstić information content (AvgIpc) is 2.32. The second-order valence-corrected chi connectivity index (χ2v) is 6.88. The van der Waals surface area contributed by atoms with Gasteiger partial charge in [-0.05, 0) is 24.3 Å². The molecular weight excluding hydrogens is 362 g/mol. The van der Waals surface area contributed by atoms with Crippen molar-refractivity contribution < 1.29 is 12.8 Å². The predicted molar refractivity (Wildman–Crippen MR) is 83.1 cm³/mol. The first-order valence-electron chi connectivity index (χ1n) is 5.43. The van der Waals surface area contributed by atoms with E-state index in [0.29, 0.717) is 0 Å². The van der Waals surface area contributed by atoms with Crippen LogP contribution < -0.4 is 10.5 Å². The van der Waals surface area contributed by atoms with Gasteiger partial charge in [-0.2, -0.15) is 0 Å². The van der Waals surface area contributed by atoms with Gasteiger partial charge in [0.1, 0.15) is 16.4 Å². The molecule has 21 heavy (non-hydrogen) atoms. The van der Waals surface area contributed by atoms with Crippen LogP contribution in [0.2, 0.25) is 15.1 Å². The monoisotopic (exact) mass is 368 g/mol. The van der Waals surface area contributed by atoms with E-state index in [4.69, 9.17) is 40.5 Å². The van der Waals surface area contributed by atoms with Gasteiger partial charge >= 0.3 is 0 Å². The van der Waals surface area contributed by atoms with E-state index in [1.807, 2.05) is 4.72 Å². The molecule has 0 aliphatic heterocycles. The zero-order chi connectivity index (χ0) is 15.8. The lowest BCUT2D eigenvalue weighted by Gasteiger charge is -2.13. The van der Waals surface area contributed by atoms with Crippen LogP contribution in [0.15, 0.2) is 35.2 Å². The van der Waals surface area contributed by atoms with Gasteiger partial charge in [-0.3, -0.25) is 4.72 Å². The third kappa shape index (κ3) is 3.35. The van der Waals surface area contributed by atoms with Crippen LogP contribution in [-0.4, -0.2) is 8.42 Å². The number of hydrogen-bond acceptors (Lipinski definition) is 3. The molecular formula is C12H8Cl3FN2O2S. The molecule has 2 rings (SSSR count). The Balaban J connectivity index is 2.54. The van der Waals surface area contributed by atoms with Crippen LogP contribution in [0, 0.1) is 5.82 Å². The smallest absolute Gasteiger partial charge is 0.265 e. The van der Waals surface area contributed by atoms with E-state index in [9.17, 15) is 12.8 Å².